The molecule has 3 N–H and O–H groups in total. The van der Waals surface area contributed by atoms with E-state index in [0.717, 1.165) is 173 Å². The first kappa shape index (κ1) is 98.2. The third-order valence-corrected chi connectivity index (χ3v) is 17.3. The van der Waals surface area contributed by atoms with Crippen LogP contribution in [0.3, 0.4) is 0 Å². The third kappa shape index (κ3) is 74.4. The summed E-state index contributed by atoms with van der Waals surface area (Å²) in [6.07, 6.45) is 90.4. The number of carbonyl (C=O) groups excluding carboxylic acids is 4. The van der Waals surface area contributed by atoms with Crippen LogP contribution < -0.4 is 0 Å². The molecule has 0 saturated heterocycles. The van der Waals surface area contributed by atoms with Gasteiger partial charge in [-0.2, -0.15) is 0 Å². The van der Waals surface area contributed by atoms with E-state index >= 15 is 0 Å². The number of aliphatic hydroxyl groups is 1. The van der Waals surface area contributed by atoms with Crippen LogP contribution in [0.25, 0.3) is 0 Å². The van der Waals surface area contributed by atoms with E-state index in [0.29, 0.717) is 32.1 Å². The first-order valence-corrected chi connectivity index (χ1v) is 42.0. The van der Waals surface area contributed by atoms with Crippen LogP contribution in [0.4, 0.5) is 0 Å². The van der Waals surface area contributed by atoms with Crippen molar-refractivity contribution >= 4 is 39.5 Å². The van der Waals surface area contributed by atoms with Gasteiger partial charge in [-0.15, -0.1) is 0 Å². The molecule has 0 aliphatic carbocycles. The van der Waals surface area contributed by atoms with E-state index in [4.69, 9.17) is 37.0 Å². The predicted molar refractivity (Wildman–Crippen MR) is 426 cm³/mol. The number of phosphoric ester groups is 2. The Morgan fingerprint density at radius 2 is 0.519 bits per heavy atom. The molecular formula is C85H136O17P2. The quantitative estimate of drug-likeness (QED) is 0.0169. The number of allylic oxidation sites excluding steroid dienone is 30. The summed E-state index contributed by atoms with van der Waals surface area (Å²) in [5.74, 6) is -2.36. The van der Waals surface area contributed by atoms with Gasteiger partial charge in [-0.1, -0.05) is 268 Å². The van der Waals surface area contributed by atoms with Crippen LogP contribution in [0, 0.1) is 0 Å². The average Bonchev–Trinajstić information content (AvgIpc) is 0.928. The monoisotopic (exact) mass is 1490 g/mol. The van der Waals surface area contributed by atoms with Gasteiger partial charge in [-0.3, -0.25) is 37.3 Å². The number of unbranched alkanes of at least 4 members (excludes halogenated alkanes) is 15. The van der Waals surface area contributed by atoms with Gasteiger partial charge in [0.05, 0.1) is 26.4 Å². The van der Waals surface area contributed by atoms with Crippen LogP contribution >= 0.6 is 15.6 Å². The van der Waals surface area contributed by atoms with E-state index < -0.39 is 97.5 Å². The normalized spacial score (nSPS) is 14.9. The van der Waals surface area contributed by atoms with Gasteiger partial charge in [0.15, 0.2) is 12.2 Å². The maximum Gasteiger partial charge on any atom is 0.472 e. The first-order valence-electron chi connectivity index (χ1n) is 39.0. The van der Waals surface area contributed by atoms with E-state index in [1.165, 1.54) is 12.8 Å². The molecule has 5 atom stereocenters. The van der Waals surface area contributed by atoms with Crippen molar-refractivity contribution in [3.05, 3.63) is 182 Å². The summed E-state index contributed by atoms with van der Waals surface area (Å²) in [5.41, 5.74) is 0. The number of carbonyl (C=O) groups is 4. The van der Waals surface area contributed by atoms with Crippen molar-refractivity contribution in [1.82, 2.24) is 0 Å². The van der Waals surface area contributed by atoms with Gasteiger partial charge in [0.2, 0.25) is 0 Å². The van der Waals surface area contributed by atoms with Gasteiger partial charge in [0.1, 0.15) is 19.3 Å². The first-order chi connectivity index (χ1) is 50.7. The lowest BCUT2D eigenvalue weighted by atomic mass is 10.1. The topological polar surface area (TPSA) is 237 Å². The summed E-state index contributed by atoms with van der Waals surface area (Å²) in [4.78, 5) is 72.9. The fraction of sp³-hybridized carbons (Fsp3) is 0.600. The number of aliphatic hydroxyl groups excluding tert-OH is 1. The molecule has 0 fully saturated rings. The van der Waals surface area contributed by atoms with E-state index in [9.17, 15) is 43.2 Å². The Morgan fingerprint density at radius 1 is 0.279 bits per heavy atom. The van der Waals surface area contributed by atoms with Gasteiger partial charge in [-0.25, -0.2) is 9.13 Å². The van der Waals surface area contributed by atoms with Crippen molar-refractivity contribution in [3.8, 4) is 0 Å². The second-order valence-corrected chi connectivity index (χ2v) is 28.1. The van der Waals surface area contributed by atoms with Crippen LogP contribution in [-0.4, -0.2) is 96.7 Å². The van der Waals surface area contributed by atoms with Crippen molar-refractivity contribution < 1.29 is 80.2 Å². The number of rotatable bonds is 71. The molecule has 0 aromatic heterocycles. The minimum absolute atomic E-state index is 0.0209. The van der Waals surface area contributed by atoms with Gasteiger partial charge in [0, 0.05) is 25.7 Å². The summed E-state index contributed by atoms with van der Waals surface area (Å²) in [6, 6.07) is 0. The summed E-state index contributed by atoms with van der Waals surface area (Å²) in [5, 5.41) is 10.6. The number of esters is 4. The Bertz CT molecular complexity index is 2690. The third-order valence-electron chi connectivity index (χ3n) is 15.4. The van der Waals surface area contributed by atoms with E-state index in [-0.39, 0.29) is 25.7 Å². The zero-order valence-electron chi connectivity index (χ0n) is 64.1. The minimum atomic E-state index is -5.01. The molecule has 0 spiro atoms. The van der Waals surface area contributed by atoms with Crippen molar-refractivity contribution in [2.75, 3.05) is 39.6 Å². The summed E-state index contributed by atoms with van der Waals surface area (Å²) in [7, 11) is -10.0. The molecule has 5 unspecified atom stereocenters. The zero-order chi connectivity index (χ0) is 76.0. The molecule has 0 bridgehead atoms. The lowest BCUT2D eigenvalue weighted by Gasteiger charge is -2.21. The van der Waals surface area contributed by atoms with Crippen LogP contribution in [0.15, 0.2) is 182 Å². The molecule has 588 valence electrons. The van der Waals surface area contributed by atoms with Crippen LogP contribution in [-0.2, 0) is 65.4 Å². The average molecular weight is 1490 g/mol. The van der Waals surface area contributed by atoms with Crippen molar-refractivity contribution in [2.45, 2.75) is 290 Å². The van der Waals surface area contributed by atoms with Gasteiger partial charge < -0.3 is 33.8 Å². The minimum Gasteiger partial charge on any atom is -0.462 e. The molecule has 0 radical (unpaired) electrons. The summed E-state index contributed by atoms with van der Waals surface area (Å²) in [6.45, 7) is 4.31. The zero-order valence-corrected chi connectivity index (χ0v) is 65.9. The SMILES string of the molecule is CC/C=C\C/C=C\C/C=C\C/C=C\C/C=C\C/C=C\CCC(=O)OCC(COP(=O)(O)OCC(O)COP(=O)(O)OCC(COC(=O)CCCCCCC/C=C\C/C=C\C/C=C\CC)OC(=O)CCCCCCC/C=C\CCCC)OC(=O)CCCCC/C=C\C/C=C\C/C=C\C/C=C\C/C=C\CC. The highest BCUT2D eigenvalue weighted by Gasteiger charge is 2.30. The second kappa shape index (κ2) is 75.4. The molecule has 0 aromatic carbocycles. The molecule has 0 amide bonds. The Kier molecular flexibility index (Phi) is 71.2. The summed E-state index contributed by atoms with van der Waals surface area (Å²) < 4.78 is 68.4. The molecule has 17 nitrogen and oxygen atoms in total. The van der Waals surface area contributed by atoms with Crippen LogP contribution in [0.5, 0.6) is 0 Å². The molecule has 0 aliphatic heterocycles. The maximum atomic E-state index is 13.1. The number of hydrogen-bond acceptors (Lipinski definition) is 15. The smallest absolute Gasteiger partial charge is 0.462 e. The fourth-order valence-corrected chi connectivity index (χ4v) is 11.1. The van der Waals surface area contributed by atoms with Crippen LogP contribution in [0.1, 0.15) is 272 Å². The summed E-state index contributed by atoms with van der Waals surface area (Å²) >= 11 is 0. The standard InChI is InChI=1S/C85H136O17P2/c1-5-9-13-17-21-25-29-32-35-37-39-41-44-47-51-54-58-62-66-70-83(88)96-76-81(102-85(90)72-68-64-60-56-52-48-45-42-40-38-36-33-30-26-22-18-14-10-6-2)78-100-104(93,94)98-74-79(86)73-97-103(91,92)99-77-80(101-84(89)71-67-63-59-55-49-28-24-20-16-12-8-4)75-95-82(87)69-65-61-57-53-50-46-43-34-31-27-23-19-15-11-7-3/h9-11,13-15,20-27,32-36,39-43,47-48,51-52,58,62,79-81,86H,5-8,12,16-19,28-31,37-38,44-46,49-50,53-57,59-61,63-78H2,1-4H3,(H,91,92)(H,93,94)/b13-9-,14-10-,15-11-,24-20-,25-21-,26-22-,27-23-,35-32-,36-33-,41-39-,42-40-,43-34-,51-47-,52-48-,62-58-. The van der Waals surface area contributed by atoms with Gasteiger partial charge in [-0.05, 0) is 161 Å². The van der Waals surface area contributed by atoms with E-state index in [1.807, 2.05) is 18.2 Å². The molecular weight excluding hydrogens is 1350 g/mol. The maximum absolute atomic E-state index is 13.1. The van der Waals surface area contributed by atoms with Crippen molar-refractivity contribution in [3.63, 3.8) is 0 Å². The highest BCUT2D eigenvalue weighted by atomic mass is 31.2. The Balaban J connectivity index is 5.48. The van der Waals surface area contributed by atoms with Crippen LogP contribution in [0.2, 0.25) is 0 Å². The number of phosphoric acid groups is 2. The lowest BCUT2D eigenvalue weighted by Crippen LogP contribution is -2.30. The fourth-order valence-electron chi connectivity index (χ4n) is 9.50. The molecule has 0 heterocycles. The highest BCUT2D eigenvalue weighted by Crippen LogP contribution is 2.45. The number of ether oxygens (including phenoxy) is 4. The Hall–Kier alpha value is -5.84. The Morgan fingerprint density at radius 3 is 0.846 bits per heavy atom. The van der Waals surface area contributed by atoms with Gasteiger partial charge in [0.25, 0.3) is 0 Å². The molecule has 0 rings (SSSR count). The van der Waals surface area contributed by atoms with Gasteiger partial charge >= 0.3 is 39.5 Å². The molecule has 104 heavy (non-hydrogen) atoms. The molecule has 19 heteroatoms. The molecule has 0 saturated carbocycles. The highest BCUT2D eigenvalue weighted by molar-refractivity contribution is 7.47. The molecule has 0 aliphatic rings. The predicted octanol–water partition coefficient (Wildman–Crippen LogP) is 22.8. The second-order valence-electron chi connectivity index (χ2n) is 25.1. The largest absolute Gasteiger partial charge is 0.472 e. The number of hydrogen-bond donors (Lipinski definition) is 3. The van der Waals surface area contributed by atoms with Crippen molar-refractivity contribution in [1.29, 1.82) is 0 Å². The lowest BCUT2D eigenvalue weighted by molar-refractivity contribution is -0.161. The van der Waals surface area contributed by atoms with E-state index in [2.05, 4.69) is 192 Å². The molecule has 0 aromatic rings. The van der Waals surface area contributed by atoms with E-state index in [1.54, 1.807) is 0 Å². The Labute approximate surface area is 628 Å². The van der Waals surface area contributed by atoms with Crippen molar-refractivity contribution in [2.24, 2.45) is 0 Å².